The van der Waals surface area contributed by atoms with Gasteiger partial charge in [0.25, 0.3) is 0 Å². The summed E-state index contributed by atoms with van der Waals surface area (Å²) in [5, 5.41) is 0. The maximum absolute atomic E-state index is 11.1. The molecule has 0 heterocycles. The number of rotatable bonds is 6. The second kappa shape index (κ2) is 6.14. The van der Waals surface area contributed by atoms with Crippen molar-refractivity contribution in [1.82, 2.24) is 0 Å². The molecule has 0 aliphatic rings. The lowest BCUT2D eigenvalue weighted by Gasteiger charge is -2.22. The van der Waals surface area contributed by atoms with Gasteiger partial charge in [-0.05, 0) is 25.2 Å². The molecule has 2 heteroatoms. The zero-order valence-corrected chi connectivity index (χ0v) is 9.46. The SMILES string of the molecule is CCC(C)C(C)CC(OC)C(C)=O. The summed E-state index contributed by atoms with van der Waals surface area (Å²) in [6.07, 6.45) is 1.81. The van der Waals surface area contributed by atoms with E-state index in [2.05, 4.69) is 20.8 Å². The van der Waals surface area contributed by atoms with Crippen molar-refractivity contribution in [3.8, 4) is 0 Å². The smallest absolute Gasteiger partial charge is 0.158 e. The summed E-state index contributed by atoms with van der Waals surface area (Å²) >= 11 is 0. The van der Waals surface area contributed by atoms with Gasteiger partial charge in [0, 0.05) is 7.11 Å². The van der Waals surface area contributed by atoms with Gasteiger partial charge in [-0.1, -0.05) is 27.2 Å². The van der Waals surface area contributed by atoms with Crippen LogP contribution in [-0.4, -0.2) is 19.0 Å². The lowest BCUT2D eigenvalue weighted by Crippen LogP contribution is -2.25. The molecule has 3 unspecified atom stereocenters. The van der Waals surface area contributed by atoms with Crippen LogP contribution in [0.15, 0.2) is 0 Å². The molecular formula is C11H22O2. The highest BCUT2D eigenvalue weighted by molar-refractivity contribution is 5.80. The second-order valence-corrected chi connectivity index (χ2v) is 3.93. The number of ether oxygens (including phenoxy) is 1. The lowest BCUT2D eigenvalue weighted by molar-refractivity contribution is -0.127. The van der Waals surface area contributed by atoms with E-state index in [-0.39, 0.29) is 11.9 Å². The Bertz CT molecular complexity index is 154. The van der Waals surface area contributed by atoms with Gasteiger partial charge >= 0.3 is 0 Å². The van der Waals surface area contributed by atoms with E-state index in [0.717, 1.165) is 12.8 Å². The number of methoxy groups -OCH3 is 1. The van der Waals surface area contributed by atoms with Crippen LogP contribution in [0.25, 0.3) is 0 Å². The van der Waals surface area contributed by atoms with Crippen LogP contribution in [0.5, 0.6) is 0 Å². The highest BCUT2D eigenvalue weighted by Gasteiger charge is 2.19. The Balaban J connectivity index is 4.00. The quantitative estimate of drug-likeness (QED) is 0.637. The molecule has 0 saturated heterocycles. The summed E-state index contributed by atoms with van der Waals surface area (Å²) in [5.41, 5.74) is 0. The fourth-order valence-corrected chi connectivity index (χ4v) is 1.40. The maximum Gasteiger partial charge on any atom is 0.158 e. The Morgan fingerprint density at radius 1 is 1.31 bits per heavy atom. The number of hydrogen-bond acceptors (Lipinski definition) is 2. The van der Waals surface area contributed by atoms with Crippen LogP contribution in [0.4, 0.5) is 0 Å². The first-order valence-corrected chi connectivity index (χ1v) is 5.06. The standard InChI is InChI=1S/C11H22O2/c1-6-8(2)9(3)7-11(13-5)10(4)12/h8-9,11H,6-7H2,1-5H3. The number of carbonyl (C=O) groups excluding carboxylic acids is 1. The summed E-state index contributed by atoms with van der Waals surface area (Å²) in [6.45, 7) is 8.18. The van der Waals surface area contributed by atoms with Gasteiger partial charge in [-0.15, -0.1) is 0 Å². The first kappa shape index (κ1) is 12.6. The highest BCUT2D eigenvalue weighted by atomic mass is 16.5. The fraction of sp³-hybridized carbons (Fsp3) is 0.909. The van der Waals surface area contributed by atoms with Crippen molar-refractivity contribution < 1.29 is 9.53 Å². The van der Waals surface area contributed by atoms with Crippen LogP contribution >= 0.6 is 0 Å². The Hall–Kier alpha value is -0.370. The molecule has 0 radical (unpaired) electrons. The molecule has 3 atom stereocenters. The molecule has 2 nitrogen and oxygen atoms in total. The fourth-order valence-electron chi connectivity index (χ4n) is 1.40. The molecular weight excluding hydrogens is 164 g/mol. The molecule has 0 aliphatic carbocycles. The summed E-state index contributed by atoms with van der Waals surface area (Å²) in [5.74, 6) is 1.36. The van der Waals surface area contributed by atoms with Gasteiger partial charge in [0.05, 0.1) is 0 Å². The molecule has 0 aromatic heterocycles. The predicted molar refractivity (Wildman–Crippen MR) is 54.7 cm³/mol. The van der Waals surface area contributed by atoms with Gasteiger partial charge in [0.1, 0.15) is 6.10 Å². The molecule has 0 N–H and O–H groups in total. The molecule has 0 fully saturated rings. The minimum Gasteiger partial charge on any atom is -0.374 e. The molecule has 0 aromatic rings. The molecule has 0 rings (SSSR count). The van der Waals surface area contributed by atoms with E-state index in [9.17, 15) is 4.79 Å². The molecule has 0 amide bonds. The first-order valence-electron chi connectivity index (χ1n) is 5.06. The van der Waals surface area contributed by atoms with Gasteiger partial charge in [-0.2, -0.15) is 0 Å². The number of hydrogen-bond donors (Lipinski definition) is 0. The van der Waals surface area contributed by atoms with E-state index < -0.39 is 0 Å². The van der Waals surface area contributed by atoms with Crippen molar-refractivity contribution in [2.75, 3.05) is 7.11 Å². The summed E-state index contributed by atoms with van der Waals surface area (Å²) in [7, 11) is 1.61. The van der Waals surface area contributed by atoms with Crippen molar-refractivity contribution in [2.45, 2.75) is 46.6 Å². The zero-order valence-electron chi connectivity index (χ0n) is 9.46. The number of Topliss-reactive ketones (excluding diaryl/α,β-unsaturated/α-hetero) is 1. The minimum absolute atomic E-state index is 0.137. The van der Waals surface area contributed by atoms with Crippen molar-refractivity contribution in [2.24, 2.45) is 11.8 Å². The van der Waals surface area contributed by atoms with Crippen molar-refractivity contribution in [3.63, 3.8) is 0 Å². The summed E-state index contributed by atoms with van der Waals surface area (Å²) < 4.78 is 5.13. The molecule has 13 heavy (non-hydrogen) atoms. The van der Waals surface area contributed by atoms with Crippen molar-refractivity contribution >= 4 is 5.78 Å². The van der Waals surface area contributed by atoms with Gasteiger partial charge in [-0.3, -0.25) is 4.79 Å². The zero-order chi connectivity index (χ0) is 10.4. The average molecular weight is 186 g/mol. The molecule has 0 bridgehead atoms. The van der Waals surface area contributed by atoms with E-state index in [0.29, 0.717) is 11.8 Å². The first-order chi connectivity index (χ1) is 6.02. The molecule has 0 saturated carbocycles. The van der Waals surface area contributed by atoms with Crippen molar-refractivity contribution in [3.05, 3.63) is 0 Å². The van der Waals surface area contributed by atoms with E-state index in [1.807, 2.05) is 0 Å². The third-order valence-corrected chi connectivity index (χ3v) is 2.94. The van der Waals surface area contributed by atoms with Crippen LogP contribution in [-0.2, 0) is 9.53 Å². The van der Waals surface area contributed by atoms with Crippen LogP contribution < -0.4 is 0 Å². The largest absolute Gasteiger partial charge is 0.374 e. The van der Waals surface area contributed by atoms with Crippen LogP contribution in [0.3, 0.4) is 0 Å². The van der Waals surface area contributed by atoms with Gasteiger partial charge in [0.15, 0.2) is 5.78 Å². The van der Waals surface area contributed by atoms with Crippen LogP contribution in [0, 0.1) is 11.8 Å². The molecule has 0 aromatic carbocycles. The van der Waals surface area contributed by atoms with E-state index >= 15 is 0 Å². The summed E-state index contributed by atoms with van der Waals surface area (Å²) in [6, 6.07) is 0. The van der Waals surface area contributed by atoms with E-state index in [1.165, 1.54) is 0 Å². The Kier molecular flexibility index (Phi) is 5.97. The average Bonchev–Trinajstić information content (AvgIpc) is 2.11. The van der Waals surface area contributed by atoms with Crippen molar-refractivity contribution in [1.29, 1.82) is 0 Å². The topological polar surface area (TPSA) is 26.3 Å². The molecule has 0 aliphatic heterocycles. The molecule has 0 spiro atoms. The van der Waals surface area contributed by atoms with Crippen LogP contribution in [0.1, 0.15) is 40.5 Å². The third-order valence-electron chi connectivity index (χ3n) is 2.94. The predicted octanol–water partition coefficient (Wildman–Crippen LogP) is 2.66. The Labute approximate surface area is 81.7 Å². The van der Waals surface area contributed by atoms with Crippen LogP contribution in [0.2, 0.25) is 0 Å². The second-order valence-electron chi connectivity index (χ2n) is 3.93. The summed E-state index contributed by atoms with van der Waals surface area (Å²) in [4.78, 5) is 11.1. The van der Waals surface area contributed by atoms with Gasteiger partial charge in [-0.25, -0.2) is 0 Å². The third kappa shape index (κ3) is 4.41. The Morgan fingerprint density at radius 2 is 1.85 bits per heavy atom. The normalized spacial score (nSPS) is 17.9. The highest BCUT2D eigenvalue weighted by Crippen LogP contribution is 2.20. The van der Waals surface area contributed by atoms with Gasteiger partial charge < -0.3 is 4.74 Å². The number of carbonyl (C=O) groups is 1. The number of ketones is 1. The van der Waals surface area contributed by atoms with E-state index in [1.54, 1.807) is 14.0 Å². The maximum atomic E-state index is 11.1. The molecule has 78 valence electrons. The van der Waals surface area contributed by atoms with E-state index in [4.69, 9.17) is 4.74 Å². The lowest BCUT2D eigenvalue weighted by atomic mass is 9.88. The minimum atomic E-state index is -0.205. The van der Waals surface area contributed by atoms with Gasteiger partial charge in [0.2, 0.25) is 0 Å². The Morgan fingerprint density at radius 3 is 2.15 bits per heavy atom. The monoisotopic (exact) mass is 186 g/mol.